The van der Waals surface area contributed by atoms with Gasteiger partial charge in [-0.2, -0.15) is 11.3 Å². The molecule has 3 nitrogen and oxygen atoms in total. The molecule has 0 fully saturated rings. The normalized spacial score (nSPS) is 11.9. The van der Waals surface area contributed by atoms with Crippen LogP contribution in [0.25, 0.3) is 11.1 Å². The molecule has 1 aromatic heterocycles. The molecule has 2 N–H and O–H groups in total. The lowest BCUT2D eigenvalue weighted by atomic mass is 10.1. The minimum absolute atomic E-state index is 0.168. The van der Waals surface area contributed by atoms with Crippen LogP contribution >= 0.6 is 11.3 Å². The number of amides is 1. The Morgan fingerprint density at radius 1 is 1.00 bits per heavy atom. The predicted octanol–water partition coefficient (Wildman–Crippen LogP) is 3.75. The van der Waals surface area contributed by atoms with E-state index in [9.17, 15) is 9.90 Å². The zero-order valence-corrected chi connectivity index (χ0v) is 14.0. The van der Waals surface area contributed by atoms with Gasteiger partial charge < -0.3 is 10.4 Å². The van der Waals surface area contributed by atoms with Gasteiger partial charge in [-0.25, -0.2) is 0 Å². The van der Waals surface area contributed by atoms with Crippen molar-refractivity contribution in [3.8, 4) is 11.1 Å². The molecule has 0 aliphatic heterocycles. The lowest BCUT2D eigenvalue weighted by molar-refractivity contribution is 0.0916. The van der Waals surface area contributed by atoms with Gasteiger partial charge in [-0.1, -0.05) is 42.5 Å². The minimum atomic E-state index is -0.596. The fourth-order valence-electron chi connectivity index (χ4n) is 2.51. The highest BCUT2D eigenvalue weighted by atomic mass is 32.1. The van der Waals surface area contributed by atoms with E-state index in [0.29, 0.717) is 12.0 Å². The summed E-state index contributed by atoms with van der Waals surface area (Å²) in [5.74, 6) is -0.168. The molecule has 0 spiro atoms. The topological polar surface area (TPSA) is 49.3 Å². The molecule has 1 heterocycles. The monoisotopic (exact) mass is 337 g/mol. The predicted molar refractivity (Wildman–Crippen MR) is 98.2 cm³/mol. The molecule has 24 heavy (non-hydrogen) atoms. The van der Waals surface area contributed by atoms with Crippen molar-refractivity contribution in [2.24, 2.45) is 0 Å². The first-order valence-corrected chi connectivity index (χ1v) is 8.79. The fraction of sp³-hybridized carbons (Fsp3) is 0.150. The van der Waals surface area contributed by atoms with Gasteiger partial charge in [0.05, 0.1) is 6.10 Å². The summed E-state index contributed by atoms with van der Waals surface area (Å²) in [7, 11) is 0. The second-order valence-electron chi connectivity index (χ2n) is 5.64. The van der Waals surface area contributed by atoms with Gasteiger partial charge in [0.25, 0.3) is 5.91 Å². The maximum atomic E-state index is 12.2. The highest BCUT2D eigenvalue weighted by Gasteiger charge is 2.10. The van der Waals surface area contributed by atoms with Gasteiger partial charge >= 0.3 is 0 Å². The molecule has 0 radical (unpaired) electrons. The Morgan fingerprint density at radius 3 is 2.42 bits per heavy atom. The molecule has 0 aliphatic carbocycles. The van der Waals surface area contributed by atoms with Gasteiger partial charge in [0.15, 0.2) is 0 Å². The van der Waals surface area contributed by atoms with Crippen LogP contribution in [0.5, 0.6) is 0 Å². The number of benzene rings is 2. The number of nitrogens with one attached hydrogen (secondary N) is 1. The number of carbonyl (C=O) groups is 1. The van der Waals surface area contributed by atoms with Crippen molar-refractivity contribution in [3.05, 3.63) is 82.6 Å². The van der Waals surface area contributed by atoms with Crippen LogP contribution in [-0.4, -0.2) is 23.7 Å². The summed E-state index contributed by atoms with van der Waals surface area (Å²) in [5, 5.41) is 17.0. The highest BCUT2D eigenvalue weighted by Crippen LogP contribution is 2.22. The molecular weight excluding hydrogens is 318 g/mol. The van der Waals surface area contributed by atoms with Crippen LogP contribution in [0.3, 0.4) is 0 Å². The van der Waals surface area contributed by atoms with E-state index in [1.54, 1.807) is 11.3 Å². The highest BCUT2D eigenvalue weighted by molar-refractivity contribution is 7.08. The molecule has 4 heteroatoms. The van der Waals surface area contributed by atoms with Gasteiger partial charge in [-0.3, -0.25) is 4.79 Å². The fourth-order valence-corrected chi connectivity index (χ4v) is 3.18. The minimum Gasteiger partial charge on any atom is -0.391 e. The number of hydrogen-bond acceptors (Lipinski definition) is 3. The van der Waals surface area contributed by atoms with Crippen LogP contribution in [0.2, 0.25) is 0 Å². The zero-order valence-electron chi connectivity index (χ0n) is 13.2. The molecule has 2 aromatic carbocycles. The quantitative estimate of drug-likeness (QED) is 0.720. The smallest absolute Gasteiger partial charge is 0.251 e. The lowest BCUT2D eigenvalue weighted by Gasteiger charge is -2.12. The molecule has 0 unspecified atom stereocenters. The van der Waals surface area contributed by atoms with Crippen LogP contribution in [0.1, 0.15) is 15.9 Å². The van der Waals surface area contributed by atoms with E-state index in [2.05, 4.69) is 16.8 Å². The first-order valence-electron chi connectivity index (χ1n) is 7.85. The van der Waals surface area contributed by atoms with Gasteiger partial charge in [-0.15, -0.1) is 0 Å². The molecular formula is C20H19NO2S. The second kappa shape index (κ2) is 7.90. The third kappa shape index (κ3) is 4.31. The van der Waals surface area contributed by atoms with Crippen LogP contribution in [0.15, 0.2) is 71.4 Å². The number of thiophene rings is 1. The van der Waals surface area contributed by atoms with Crippen LogP contribution in [0.4, 0.5) is 0 Å². The van der Waals surface area contributed by atoms with Crippen molar-refractivity contribution in [1.82, 2.24) is 5.32 Å². The molecule has 0 saturated carbocycles. The average molecular weight is 337 g/mol. The van der Waals surface area contributed by atoms with E-state index in [4.69, 9.17) is 0 Å². The molecule has 0 aliphatic rings. The Balaban J connectivity index is 1.53. The molecule has 0 bridgehead atoms. The summed E-state index contributed by atoms with van der Waals surface area (Å²) in [6, 6.07) is 19.3. The van der Waals surface area contributed by atoms with Crippen LogP contribution in [-0.2, 0) is 6.42 Å². The summed E-state index contributed by atoms with van der Waals surface area (Å²) < 4.78 is 0. The van der Waals surface area contributed by atoms with Crippen molar-refractivity contribution in [2.45, 2.75) is 12.5 Å². The lowest BCUT2D eigenvalue weighted by Crippen LogP contribution is -2.33. The van der Waals surface area contributed by atoms with E-state index in [1.807, 2.05) is 60.0 Å². The molecule has 0 saturated heterocycles. The standard InChI is InChI=1S/C20H19NO2S/c22-19(12-15-4-2-1-3-5-15)13-21-20(23)17-8-6-16(7-9-17)18-10-11-24-14-18/h1-11,14,19,22H,12-13H2,(H,21,23)/t19-/m0/s1. The Morgan fingerprint density at radius 2 is 1.75 bits per heavy atom. The van der Waals surface area contributed by atoms with E-state index in [0.717, 1.165) is 16.7 Å². The second-order valence-corrected chi connectivity index (χ2v) is 6.42. The van der Waals surface area contributed by atoms with Crippen LogP contribution < -0.4 is 5.32 Å². The average Bonchev–Trinajstić information content (AvgIpc) is 3.15. The van der Waals surface area contributed by atoms with E-state index >= 15 is 0 Å². The van der Waals surface area contributed by atoms with E-state index < -0.39 is 6.10 Å². The van der Waals surface area contributed by atoms with E-state index in [1.165, 1.54) is 0 Å². The molecule has 122 valence electrons. The van der Waals surface area contributed by atoms with Gasteiger partial charge in [0.1, 0.15) is 0 Å². The summed E-state index contributed by atoms with van der Waals surface area (Å²) in [4.78, 5) is 12.2. The van der Waals surface area contributed by atoms with Gasteiger partial charge in [-0.05, 0) is 45.6 Å². The van der Waals surface area contributed by atoms with Gasteiger partial charge in [0.2, 0.25) is 0 Å². The summed E-state index contributed by atoms with van der Waals surface area (Å²) >= 11 is 1.65. The number of hydrogen-bond donors (Lipinski definition) is 2. The van der Waals surface area contributed by atoms with Crippen molar-refractivity contribution in [2.75, 3.05) is 6.54 Å². The van der Waals surface area contributed by atoms with Crippen molar-refractivity contribution >= 4 is 17.2 Å². The number of rotatable bonds is 6. The first-order chi connectivity index (χ1) is 11.7. The SMILES string of the molecule is O=C(NC[C@@H](O)Cc1ccccc1)c1ccc(-c2ccsc2)cc1. The molecule has 3 aromatic rings. The van der Waals surface area contributed by atoms with Crippen molar-refractivity contribution < 1.29 is 9.90 Å². The molecule has 1 amide bonds. The van der Waals surface area contributed by atoms with E-state index in [-0.39, 0.29) is 12.5 Å². The third-order valence-electron chi connectivity index (χ3n) is 3.81. The van der Waals surface area contributed by atoms with Gasteiger partial charge in [0, 0.05) is 18.5 Å². The number of aliphatic hydroxyl groups excluding tert-OH is 1. The third-order valence-corrected chi connectivity index (χ3v) is 4.50. The summed E-state index contributed by atoms with van der Waals surface area (Å²) in [6.07, 6.45) is -0.0699. The Kier molecular flexibility index (Phi) is 5.41. The number of carbonyl (C=O) groups excluding carboxylic acids is 1. The zero-order chi connectivity index (χ0) is 16.8. The Labute approximate surface area is 145 Å². The maximum Gasteiger partial charge on any atom is 0.251 e. The Bertz CT molecular complexity index is 767. The largest absolute Gasteiger partial charge is 0.391 e. The summed E-state index contributed by atoms with van der Waals surface area (Å²) in [5.41, 5.74) is 3.91. The number of aliphatic hydroxyl groups is 1. The molecule has 1 atom stereocenters. The van der Waals surface area contributed by atoms with Crippen molar-refractivity contribution in [3.63, 3.8) is 0 Å². The molecule has 3 rings (SSSR count). The Hall–Kier alpha value is -2.43. The van der Waals surface area contributed by atoms with Crippen LogP contribution in [0, 0.1) is 0 Å². The maximum absolute atomic E-state index is 12.2. The first kappa shape index (κ1) is 16.4. The summed E-state index contributed by atoms with van der Waals surface area (Å²) in [6.45, 7) is 0.236. The van der Waals surface area contributed by atoms with Crippen molar-refractivity contribution in [1.29, 1.82) is 0 Å².